The first-order valence-electron chi connectivity index (χ1n) is 7.03. The van der Waals surface area contributed by atoms with Crippen LogP contribution < -0.4 is 10.6 Å². The normalized spacial score (nSPS) is 21.7. The van der Waals surface area contributed by atoms with Gasteiger partial charge in [0.25, 0.3) is 0 Å². The summed E-state index contributed by atoms with van der Waals surface area (Å²) in [6, 6.07) is 4.80. The number of aryl methyl sites for hydroxylation is 1. The molecule has 1 aliphatic carbocycles. The first-order valence-corrected chi connectivity index (χ1v) is 7.41. The molecule has 0 spiro atoms. The Morgan fingerprint density at radius 1 is 1.24 bits per heavy atom. The van der Waals surface area contributed by atoms with Gasteiger partial charge in [0.15, 0.2) is 0 Å². The standard InChI is InChI=1S/C15H19ClN2O3/c1-9-6-7-11(10(16)8-9)17-14(20)15(21)18-12-4-2-3-5-13(12)19/h6-8,12-13,19H,2-5H2,1H3,(H,17,20)(H,18,21). The third-order valence-electron chi connectivity index (χ3n) is 3.62. The van der Waals surface area contributed by atoms with Gasteiger partial charge in [-0.25, -0.2) is 0 Å². The van der Waals surface area contributed by atoms with Gasteiger partial charge in [-0.15, -0.1) is 0 Å². The minimum Gasteiger partial charge on any atom is -0.391 e. The van der Waals surface area contributed by atoms with Crippen LogP contribution in [0.15, 0.2) is 18.2 Å². The van der Waals surface area contributed by atoms with Crippen LogP contribution in [0.2, 0.25) is 5.02 Å². The van der Waals surface area contributed by atoms with Gasteiger partial charge in [-0.05, 0) is 37.5 Å². The molecule has 6 heteroatoms. The van der Waals surface area contributed by atoms with Crippen LogP contribution in [0.5, 0.6) is 0 Å². The zero-order valence-corrected chi connectivity index (χ0v) is 12.6. The number of hydrogen-bond acceptors (Lipinski definition) is 3. The number of aliphatic hydroxyl groups excluding tert-OH is 1. The molecule has 0 radical (unpaired) electrons. The lowest BCUT2D eigenvalue weighted by molar-refractivity contribution is -0.137. The fourth-order valence-electron chi connectivity index (χ4n) is 2.41. The molecule has 0 bridgehead atoms. The van der Waals surface area contributed by atoms with Gasteiger partial charge in [-0.3, -0.25) is 9.59 Å². The van der Waals surface area contributed by atoms with E-state index in [-0.39, 0.29) is 6.04 Å². The first kappa shape index (κ1) is 15.8. The molecule has 114 valence electrons. The molecule has 3 N–H and O–H groups in total. The molecular formula is C15H19ClN2O3. The molecule has 1 aromatic rings. The van der Waals surface area contributed by atoms with Crippen molar-refractivity contribution in [3.63, 3.8) is 0 Å². The number of benzene rings is 1. The van der Waals surface area contributed by atoms with Crippen LogP contribution in [0, 0.1) is 6.92 Å². The monoisotopic (exact) mass is 310 g/mol. The van der Waals surface area contributed by atoms with Crippen molar-refractivity contribution >= 4 is 29.1 Å². The summed E-state index contributed by atoms with van der Waals surface area (Å²) in [6.07, 6.45) is 2.63. The average Bonchev–Trinajstić information content (AvgIpc) is 2.44. The highest BCUT2D eigenvalue weighted by atomic mass is 35.5. The molecule has 2 amide bonds. The molecule has 21 heavy (non-hydrogen) atoms. The summed E-state index contributed by atoms with van der Waals surface area (Å²) < 4.78 is 0. The summed E-state index contributed by atoms with van der Waals surface area (Å²) in [7, 11) is 0. The molecule has 1 aromatic carbocycles. The molecular weight excluding hydrogens is 292 g/mol. The van der Waals surface area contributed by atoms with Gasteiger partial charge in [0, 0.05) is 0 Å². The Hall–Kier alpha value is -1.59. The Morgan fingerprint density at radius 2 is 1.95 bits per heavy atom. The molecule has 1 fully saturated rings. The molecule has 5 nitrogen and oxygen atoms in total. The Morgan fingerprint density at radius 3 is 2.62 bits per heavy atom. The van der Waals surface area contributed by atoms with Gasteiger partial charge < -0.3 is 15.7 Å². The number of nitrogens with one attached hydrogen (secondary N) is 2. The van der Waals surface area contributed by atoms with E-state index in [9.17, 15) is 14.7 Å². The van der Waals surface area contributed by atoms with Crippen molar-refractivity contribution < 1.29 is 14.7 Å². The molecule has 2 rings (SSSR count). The van der Waals surface area contributed by atoms with Crippen molar-refractivity contribution in [1.29, 1.82) is 0 Å². The summed E-state index contributed by atoms with van der Waals surface area (Å²) in [4.78, 5) is 23.7. The topological polar surface area (TPSA) is 78.4 Å². The summed E-state index contributed by atoms with van der Waals surface area (Å²) >= 11 is 6.01. The van der Waals surface area contributed by atoms with Crippen LogP contribution in [0.25, 0.3) is 0 Å². The number of amides is 2. The van der Waals surface area contributed by atoms with Crippen molar-refractivity contribution in [2.45, 2.75) is 44.8 Å². The predicted octanol–water partition coefficient (Wildman–Crippen LogP) is 2.01. The number of hydrogen-bond donors (Lipinski definition) is 3. The number of aliphatic hydroxyl groups is 1. The summed E-state index contributed by atoms with van der Waals surface area (Å²) in [5.41, 5.74) is 1.36. The van der Waals surface area contributed by atoms with Crippen LogP contribution in [0.1, 0.15) is 31.2 Å². The van der Waals surface area contributed by atoms with Crippen LogP contribution in [0.3, 0.4) is 0 Å². The number of carbonyl (C=O) groups is 2. The minimum absolute atomic E-state index is 0.356. The maximum Gasteiger partial charge on any atom is 0.313 e. The van der Waals surface area contributed by atoms with Gasteiger partial charge in [-0.1, -0.05) is 30.5 Å². The first-order chi connectivity index (χ1) is 9.97. The van der Waals surface area contributed by atoms with E-state index in [0.29, 0.717) is 23.6 Å². The predicted molar refractivity (Wildman–Crippen MR) is 81.2 cm³/mol. The van der Waals surface area contributed by atoms with Crippen molar-refractivity contribution in [3.8, 4) is 0 Å². The van der Waals surface area contributed by atoms with E-state index in [0.717, 1.165) is 18.4 Å². The largest absolute Gasteiger partial charge is 0.391 e. The molecule has 2 atom stereocenters. The second-order valence-corrected chi connectivity index (χ2v) is 5.78. The van der Waals surface area contributed by atoms with E-state index in [1.165, 1.54) is 0 Å². The maximum atomic E-state index is 11.9. The lowest BCUT2D eigenvalue weighted by Gasteiger charge is -2.28. The molecule has 0 aromatic heterocycles. The summed E-state index contributed by atoms with van der Waals surface area (Å²) in [6.45, 7) is 1.88. The van der Waals surface area contributed by atoms with Crippen LogP contribution in [0.4, 0.5) is 5.69 Å². The summed E-state index contributed by atoms with van der Waals surface area (Å²) in [5, 5.41) is 15.2. The van der Waals surface area contributed by atoms with Crippen molar-refractivity contribution in [2.24, 2.45) is 0 Å². The molecule has 1 saturated carbocycles. The van der Waals surface area contributed by atoms with Crippen LogP contribution in [-0.2, 0) is 9.59 Å². The molecule has 0 saturated heterocycles. The van der Waals surface area contributed by atoms with Crippen LogP contribution >= 0.6 is 11.6 Å². The van der Waals surface area contributed by atoms with Gasteiger partial charge in [-0.2, -0.15) is 0 Å². The lowest BCUT2D eigenvalue weighted by atomic mass is 9.92. The molecule has 0 heterocycles. The van der Waals surface area contributed by atoms with Crippen LogP contribution in [-0.4, -0.2) is 29.1 Å². The van der Waals surface area contributed by atoms with Crippen molar-refractivity contribution in [2.75, 3.05) is 5.32 Å². The highest BCUT2D eigenvalue weighted by Gasteiger charge is 2.27. The fourth-order valence-corrected chi connectivity index (χ4v) is 2.70. The van der Waals surface area contributed by atoms with Crippen molar-refractivity contribution in [3.05, 3.63) is 28.8 Å². The van der Waals surface area contributed by atoms with Gasteiger partial charge in [0.1, 0.15) is 0 Å². The number of carbonyl (C=O) groups excluding carboxylic acids is 2. The van der Waals surface area contributed by atoms with Gasteiger partial charge >= 0.3 is 11.8 Å². The minimum atomic E-state index is -0.779. The summed E-state index contributed by atoms with van der Waals surface area (Å²) in [5.74, 6) is -1.53. The molecule has 1 aliphatic rings. The second kappa shape index (κ2) is 6.91. The Bertz CT molecular complexity index is 548. The Kier molecular flexibility index (Phi) is 5.20. The second-order valence-electron chi connectivity index (χ2n) is 5.37. The Labute approximate surface area is 128 Å². The van der Waals surface area contributed by atoms with E-state index < -0.39 is 17.9 Å². The third kappa shape index (κ3) is 4.19. The highest BCUT2D eigenvalue weighted by Crippen LogP contribution is 2.22. The zero-order valence-electron chi connectivity index (χ0n) is 11.9. The zero-order chi connectivity index (χ0) is 15.4. The SMILES string of the molecule is Cc1ccc(NC(=O)C(=O)NC2CCCCC2O)c(Cl)c1. The highest BCUT2D eigenvalue weighted by molar-refractivity contribution is 6.41. The van der Waals surface area contributed by atoms with Gasteiger partial charge in [0.2, 0.25) is 0 Å². The molecule has 2 unspecified atom stereocenters. The maximum absolute atomic E-state index is 11.9. The number of halogens is 1. The average molecular weight is 311 g/mol. The van der Waals surface area contributed by atoms with Crippen molar-refractivity contribution in [1.82, 2.24) is 5.32 Å². The number of rotatable bonds is 2. The molecule has 0 aliphatic heterocycles. The van der Waals surface area contributed by atoms with E-state index in [4.69, 9.17) is 11.6 Å². The quantitative estimate of drug-likeness (QED) is 0.731. The van der Waals surface area contributed by atoms with Gasteiger partial charge in [0.05, 0.1) is 22.9 Å². The van der Waals surface area contributed by atoms with E-state index in [2.05, 4.69) is 10.6 Å². The smallest absolute Gasteiger partial charge is 0.313 e. The Balaban J connectivity index is 1.94. The van der Waals surface area contributed by atoms with E-state index in [1.807, 2.05) is 6.92 Å². The fraction of sp³-hybridized carbons (Fsp3) is 0.467. The number of anilines is 1. The lowest BCUT2D eigenvalue weighted by Crippen LogP contribution is -2.48. The van der Waals surface area contributed by atoms with E-state index >= 15 is 0 Å². The van der Waals surface area contributed by atoms with E-state index in [1.54, 1.807) is 18.2 Å². The third-order valence-corrected chi connectivity index (χ3v) is 3.94.